The maximum Gasteiger partial charge on any atom is 0.323 e. The molecule has 0 spiro atoms. The molecule has 35 heavy (non-hydrogen) atoms. The zero-order chi connectivity index (χ0) is 25.3. The van der Waals surface area contributed by atoms with E-state index in [4.69, 9.17) is 14.3 Å². The van der Waals surface area contributed by atoms with Gasteiger partial charge in [-0.05, 0) is 76.8 Å². The number of benzene rings is 1. The molecular weight excluding hydrogens is 450 g/mol. The third-order valence-corrected chi connectivity index (χ3v) is 5.92. The van der Waals surface area contributed by atoms with E-state index in [0.29, 0.717) is 43.9 Å². The van der Waals surface area contributed by atoms with Crippen molar-refractivity contribution >= 4 is 23.5 Å². The smallest absolute Gasteiger partial charge is 0.323 e. The topological polar surface area (TPSA) is 115 Å². The van der Waals surface area contributed by atoms with E-state index in [-0.39, 0.29) is 29.9 Å². The molecule has 0 radical (unpaired) electrons. The molecule has 1 atom stereocenters. The van der Waals surface area contributed by atoms with Gasteiger partial charge in [0.05, 0.1) is 13.2 Å². The number of nitrogens with one attached hydrogen (secondary N) is 3. The van der Waals surface area contributed by atoms with E-state index in [9.17, 15) is 14.4 Å². The van der Waals surface area contributed by atoms with Gasteiger partial charge >= 0.3 is 5.97 Å². The number of unbranched alkanes of at least 4 members (excludes halogenated alkanes) is 3. The predicted octanol–water partition coefficient (Wildman–Crippen LogP) is 3.88. The van der Waals surface area contributed by atoms with Crippen LogP contribution in [0.2, 0.25) is 0 Å². The summed E-state index contributed by atoms with van der Waals surface area (Å²) in [7, 11) is 1.75. The Bertz CT molecular complexity index is 765. The van der Waals surface area contributed by atoms with E-state index in [1.807, 2.05) is 6.92 Å². The predicted molar refractivity (Wildman–Crippen MR) is 134 cm³/mol. The molecule has 1 fully saturated rings. The molecular formula is C26H41N3O6. The Hall–Kier alpha value is -2.65. The molecule has 9 heteroatoms. The van der Waals surface area contributed by atoms with Gasteiger partial charge in [-0.3, -0.25) is 19.2 Å². The molecule has 2 rings (SSSR count). The highest BCUT2D eigenvalue weighted by Crippen LogP contribution is 2.22. The number of hydrogen-bond acceptors (Lipinski definition) is 7. The Morgan fingerprint density at radius 1 is 0.971 bits per heavy atom. The molecule has 0 heterocycles. The minimum absolute atomic E-state index is 0.0367. The summed E-state index contributed by atoms with van der Waals surface area (Å²) >= 11 is 0. The van der Waals surface area contributed by atoms with Crippen molar-refractivity contribution in [1.82, 2.24) is 10.8 Å². The second-order valence-corrected chi connectivity index (χ2v) is 8.77. The van der Waals surface area contributed by atoms with Gasteiger partial charge in [0.15, 0.2) is 0 Å². The lowest BCUT2D eigenvalue weighted by molar-refractivity contribution is -0.151. The van der Waals surface area contributed by atoms with Gasteiger partial charge in [0, 0.05) is 24.9 Å². The molecule has 3 N–H and O–H groups in total. The Labute approximate surface area is 208 Å². The van der Waals surface area contributed by atoms with Gasteiger partial charge in [0.2, 0.25) is 11.8 Å². The van der Waals surface area contributed by atoms with Crippen LogP contribution in [0, 0.1) is 0 Å². The average molecular weight is 492 g/mol. The number of carbonyl (C=O) groups excluding carboxylic acids is 3. The molecule has 1 aliphatic carbocycles. The zero-order valence-electron chi connectivity index (χ0n) is 21.1. The first-order valence-electron chi connectivity index (χ1n) is 12.8. The highest BCUT2D eigenvalue weighted by atomic mass is 16.6. The first kappa shape index (κ1) is 28.6. The maximum atomic E-state index is 12.3. The number of esters is 1. The summed E-state index contributed by atoms with van der Waals surface area (Å²) in [4.78, 5) is 40.7. The minimum atomic E-state index is -0.388. The number of hydroxylamine groups is 1. The lowest BCUT2D eigenvalue weighted by Crippen LogP contribution is -2.38. The van der Waals surface area contributed by atoms with E-state index in [0.717, 1.165) is 51.4 Å². The van der Waals surface area contributed by atoms with Crippen molar-refractivity contribution < 1.29 is 28.7 Å². The zero-order valence-corrected chi connectivity index (χ0v) is 21.1. The largest absolute Gasteiger partial charge is 0.494 e. The van der Waals surface area contributed by atoms with Crippen molar-refractivity contribution in [3.63, 3.8) is 0 Å². The van der Waals surface area contributed by atoms with Crippen LogP contribution in [0.15, 0.2) is 24.3 Å². The summed E-state index contributed by atoms with van der Waals surface area (Å²) < 4.78 is 11.3. The van der Waals surface area contributed by atoms with Crippen molar-refractivity contribution in [2.75, 3.05) is 25.6 Å². The Balaban J connectivity index is 1.57. The monoisotopic (exact) mass is 491 g/mol. The summed E-state index contributed by atoms with van der Waals surface area (Å²) in [6.07, 6.45) is 8.93. The van der Waals surface area contributed by atoms with Crippen LogP contribution < -0.4 is 20.9 Å². The van der Waals surface area contributed by atoms with E-state index in [2.05, 4.69) is 16.1 Å². The van der Waals surface area contributed by atoms with Crippen LogP contribution in [0.1, 0.15) is 77.6 Å². The molecule has 0 unspecified atom stereocenters. The number of anilines is 1. The second kappa shape index (κ2) is 16.9. The van der Waals surface area contributed by atoms with E-state index in [1.54, 1.807) is 31.3 Å². The second-order valence-electron chi connectivity index (χ2n) is 8.77. The molecule has 0 saturated heterocycles. The highest BCUT2D eigenvalue weighted by molar-refractivity contribution is 5.90. The van der Waals surface area contributed by atoms with Crippen LogP contribution in [0.3, 0.4) is 0 Å². The molecule has 1 saturated carbocycles. The lowest BCUT2D eigenvalue weighted by atomic mass is 10.1. The molecule has 9 nitrogen and oxygen atoms in total. The van der Waals surface area contributed by atoms with Crippen molar-refractivity contribution in [2.24, 2.45) is 0 Å². The van der Waals surface area contributed by atoms with Crippen molar-refractivity contribution in [3.8, 4) is 5.75 Å². The SMILES string of the molecule is CCONC(=O)CCCCCCC(=O)Nc1ccc(OCC[C@H](NC)C(=O)OC2CCCC2)cc1. The number of hydrogen-bond donors (Lipinski definition) is 3. The van der Waals surface area contributed by atoms with Crippen LogP contribution in [0.4, 0.5) is 5.69 Å². The van der Waals surface area contributed by atoms with Crippen molar-refractivity contribution in [2.45, 2.75) is 89.7 Å². The van der Waals surface area contributed by atoms with Crippen molar-refractivity contribution in [1.29, 1.82) is 0 Å². The third-order valence-electron chi connectivity index (χ3n) is 5.92. The van der Waals surface area contributed by atoms with E-state index >= 15 is 0 Å². The summed E-state index contributed by atoms with van der Waals surface area (Å²) in [5.41, 5.74) is 3.09. The highest BCUT2D eigenvalue weighted by Gasteiger charge is 2.24. The minimum Gasteiger partial charge on any atom is -0.494 e. The first-order valence-corrected chi connectivity index (χ1v) is 12.8. The summed E-state index contributed by atoms with van der Waals surface area (Å²) in [5, 5.41) is 5.90. The molecule has 1 aliphatic rings. The summed E-state index contributed by atoms with van der Waals surface area (Å²) in [5.74, 6) is 0.314. The lowest BCUT2D eigenvalue weighted by Gasteiger charge is -2.18. The summed E-state index contributed by atoms with van der Waals surface area (Å²) in [6.45, 7) is 2.64. The van der Waals surface area contributed by atoms with E-state index in [1.165, 1.54) is 0 Å². The van der Waals surface area contributed by atoms with E-state index < -0.39 is 0 Å². The van der Waals surface area contributed by atoms with Gasteiger partial charge in [-0.1, -0.05) is 12.8 Å². The average Bonchev–Trinajstić information content (AvgIpc) is 3.36. The van der Waals surface area contributed by atoms with Crippen LogP contribution >= 0.6 is 0 Å². The standard InChI is InChI=1S/C26H41N3O6/c1-3-34-29-25(31)13-7-5-4-6-12-24(30)28-20-14-16-21(17-15-20)33-19-18-23(27-2)26(32)35-22-10-8-9-11-22/h14-17,22-23,27H,3-13,18-19H2,1-2H3,(H,28,30)(H,29,31)/t23-/m0/s1. The third kappa shape index (κ3) is 12.0. The van der Waals surface area contributed by atoms with Gasteiger partial charge in [-0.25, -0.2) is 5.48 Å². The Kier molecular flexibility index (Phi) is 13.8. The Morgan fingerprint density at radius 2 is 1.63 bits per heavy atom. The van der Waals surface area contributed by atoms with Crippen LogP contribution in [0.25, 0.3) is 0 Å². The molecule has 0 aliphatic heterocycles. The number of likely N-dealkylation sites (N-methyl/N-ethyl adjacent to an activating group) is 1. The molecule has 196 valence electrons. The van der Waals surface area contributed by atoms with Crippen LogP contribution in [-0.2, 0) is 24.0 Å². The van der Waals surface area contributed by atoms with Gasteiger partial charge in [-0.2, -0.15) is 0 Å². The number of rotatable bonds is 17. The molecule has 2 amide bonds. The van der Waals surface area contributed by atoms with Crippen molar-refractivity contribution in [3.05, 3.63) is 24.3 Å². The fraction of sp³-hybridized carbons (Fsp3) is 0.654. The fourth-order valence-electron chi connectivity index (χ4n) is 3.91. The molecule has 1 aromatic rings. The van der Waals surface area contributed by atoms with Gasteiger partial charge in [0.25, 0.3) is 0 Å². The van der Waals surface area contributed by atoms with Crippen LogP contribution in [0.5, 0.6) is 5.75 Å². The molecule has 0 bridgehead atoms. The molecule has 1 aromatic carbocycles. The first-order chi connectivity index (χ1) is 17.0. The number of carbonyl (C=O) groups is 3. The number of ether oxygens (including phenoxy) is 2. The Morgan fingerprint density at radius 3 is 2.26 bits per heavy atom. The van der Waals surface area contributed by atoms with Gasteiger partial charge in [0.1, 0.15) is 17.9 Å². The van der Waals surface area contributed by atoms with Gasteiger partial charge < -0.3 is 20.1 Å². The van der Waals surface area contributed by atoms with Crippen LogP contribution in [-0.4, -0.2) is 50.2 Å². The quantitative estimate of drug-likeness (QED) is 0.172. The molecule has 0 aromatic heterocycles. The fourth-order valence-corrected chi connectivity index (χ4v) is 3.91. The van der Waals surface area contributed by atoms with Gasteiger partial charge in [-0.15, -0.1) is 0 Å². The number of amides is 2. The normalized spacial score (nSPS) is 14.3. The maximum absolute atomic E-state index is 12.3. The summed E-state index contributed by atoms with van der Waals surface area (Å²) in [6, 6.07) is 6.81.